The van der Waals surface area contributed by atoms with E-state index in [9.17, 15) is 19.5 Å². The van der Waals surface area contributed by atoms with E-state index in [1.165, 1.54) is 4.90 Å². The fourth-order valence-electron chi connectivity index (χ4n) is 4.85. The van der Waals surface area contributed by atoms with Crippen LogP contribution in [0.5, 0.6) is 11.5 Å². The summed E-state index contributed by atoms with van der Waals surface area (Å²) >= 11 is 0.968. The molecule has 2 unspecified atom stereocenters. The second-order valence-electron chi connectivity index (χ2n) is 9.26. The number of amides is 1. The van der Waals surface area contributed by atoms with E-state index in [0.717, 1.165) is 22.6 Å². The fraction of sp³-hybridized carbons (Fsp3) is 0.310. The number of carbonyl (C=O) groups is 3. The molecule has 0 spiro atoms. The van der Waals surface area contributed by atoms with Crippen molar-refractivity contribution >= 4 is 39.9 Å². The first-order valence-electron chi connectivity index (χ1n) is 12.7. The van der Waals surface area contributed by atoms with E-state index in [-0.39, 0.29) is 34.1 Å². The molecule has 5 rings (SSSR count). The van der Waals surface area contributed by atoms with Crippen LogP contribution in [0.25, 0.3) is 5.76 Å². The van der Waals surface area contributed by atoms with Crippen molar-refractivity contribution in [2.24, 2.45) is 0 Å². The first kappa shape index (κ1) is 26.4. The van der Waals surface area contributed by atoms with E-state index in [0.29, 0.717) is 35.6 Å². The van der Waals surface area contributed by atoms with Gasteiger partial charge in [0.2, 0.25) is 0 Å². The molecule has 0 aliphatic carbocycles. The average Bonchev–Trinajstić information content (AvgIpc) is 3.56. The van der Waals surface area contributed by atoms with Crippen LogP contribution in [0.3, 0.4) is 0 Å². The molecule has 10 heteroatoms. The van der Waals surface area contributed by atoms with Crippen molar-refractivity contribution in [2.45, 2.75) is 46.3 Å². The summed E-state index contributed by atoms with van der Waals surface area (Å²) in [5, 5.41) is 11.6. The Hall–Kier alpha value is -4.18. The van der Waals surface area contributed by atoms with Gasteiger partial charge in [-0.2, -0.15) is 0 Å². The molecule has 202 valence electrons. The highest BCUT2D eigenvalue weighted by Crippen LogP contribution is 2.44. The standard InChI is InChI=1S/C29H28N2O7S/c1-5-36-20-10-7-17(8-11-20)23-22(24(32)18-9-12-21-19(14-18)13-15(3)38-21)25(33)27(34)31(23)29-30-16(4)26(39-29)28(35)37-6-2/h7-12,14-15,23,32H,5-6,13H2,1-4H3/b24-22+. The number of benzene rings is 2. The van der Waals surface area contributed by atoms with Crippen LogP contribution < -0.4 is 14.4 Å². The van der Waals surface area contributed by atoms with Crippen LogP contribution in [-0.4, -0.2) is 47.1 Å². The summed E-state index contributed by atoms with van der Waals surface area (Å²) in [6.07, 6.45) is 0.677. The Morgan fingerprint density at radius 2 is 1.90 bits per heavy atom. The molecule has 1 N–H and O–H groups in total. The summed E-state index contributed by atoms with van der Waals surface area (Å²) in [6, 6.07) is 11.2. The Bertz CT molecular complexity index is 1490. The van der Waals surface area contributed by atoms with Crippen LogP contribution in [0.4, 0.5) is 5.13 Å². The topological polar surface area (TPSA) is 115 Å². The van der Waals surface area contributed by atoms with Crippen molar-refractivity contribution in [3.63, 3.8) is 0 Å². The highest BCUT2D eigenvalue weighted by molar-refractivity contribution is 7.17. The number of thiazole rings is 1. The number of ether oxygens (including phenoxy) is 3. The number of fused-ring (bicyclic) bond motifs is 1. The number of ketones is 1. The normalized spacial score (nSPS) is 19.6. The fourth-order valence-corrected chi connectivity index (χ4v) is 5.84. The van der Waals surface area contributed by atoms with Gasteiger partial charge in [0.25, 0.3) is 5.78 Å². The van der Waals surface area contributed by atoms with Gasteiger partial charge in [0.15, 0.2) is 5.13 Å². The van der Waals surface area contributed by atoms with Crippen LogP contribution >= 0.6 is 11.3 Å². The Morgan fingerprint density at radius 3 is 2.59 bits per heavy atom. The molecule has 3 aromatic rings. The van der Waals surface area contributed by atoms with Gasteiger partial charge in [-0.15, -0.1) is 0 Å². The third kappa shape index (κ3) is 4.76. The zero-order valence-electron chi connectivity index (χ0n) is 22.0. The lowest BCUT2D eigenvalue weighted by Gasteiger charge is -2.23. The number of anilines is 1. The molecule has 9 nitrogen and oxygen atoms in total. The van der Waals surface area contributed by atoms with Crippen molar-refractivity contribution in [3.05, 3.63) is 75.3 Å². The number of hydrogen-bond acceptors (Lipinski definition) is 9. The molecule has 39 heavy (non-hydrogen) atoms. The number of carbonyl (C=O) groups excluding carboxylic acids is 3. The maximum absolute atomic E-state index is 13.5. The molecular weight excluding hydrogens is 520 g/mol. The number of Topliss-reactive ketones (excluding diaryl/α,β-unsaturated/α-hetero) is 1. The third-order valence-corrected chi connectivity index (χ3v) is 7.71. The van der Waals surface area contributed by atoms with Crippen LogP contribution in [0.2, 0.25) is 0 Å². The summed E-state index contributed by atoms with van der Waals surface area (Å²) in [7, 11) is 0. The number of aromatic nitrogens is 1. The van der Waals surface area contributed by atoms with Crippen molar-refractivity contribution in [2.75, 3.05) is 18.1 Å². The minimum Gasteiger partial charge on any atom is -0.507 e. The molecule has 0 bridgehead atoms. The first-order chi connectivity index (χ1) is 18.7. The second-order valence-corrected chi connectivity index (χ2v) is 10.2. The number of esters is 1. The zero-order chi connectivity index (χ0) is 27.8. The summed E-state index contributed by atoms with van der Waals surface area (Å²) in [4.78, 5) is 45.4. The van der Waals surface area contributed by atoms with Crippen LogP contribution in [0.1, 0.15) is 58.9 Å². The van der Waals surface area contributed by atoms with Crippen LogP contribution in [-0.2, 0) is 20.7 Å². The quantitative estimate of drug-likeness (QED) is 0.190. The van der Waals surface area contributed by atoms with Crippen molar-refractivity contribution in [1.82, 2.24) is 4.98 Å². The molecular formula is C29H28N2O7S. The summed E-state index contributed by atoms with van der Waals surface area (Å²) in [6.45, 7) is 7.84. The molecule has 3 heterocycles. The lowest BCUT2D eigenvalue weighted by atomic mass is 9.94. The zero-order valence-corrected chi connectivity index (χ0v) is 22.8. The molecule has 2 atom stereocenters. The molecule has 0 radical (unpaired) electrons. The number of aliphatic hydroxyl groups excluding tert-OH is 1. The first-order valence-corrected chi connectivity index (χ1v) is 13.5. The van der Waals surface area contributed by atoms with Crippen molar-refractivity contribution < 1.29 is 33.7 Å². The molecule has 2 aliphatic heterocycles. The van der Waals surface area contributed by atoms with Crippen LogP contribution in [0.15, 0.2) is 48.0 Å². The Morgan fingerprint density at radius 1 is 1.15 bits per heavy atom. The van der Waals surface area contributed by atoms with E-state index >= 15 is 0 Å². The number of aliphatic hydroxyl groups is 1. The number of rotatable bonds is 7. The van der Waals surface area contributed by atoms with E-state index in [1.807, 2.05) is 13.8 Å². The van der Waals surface area contributed by atoms with E-state index in [4.69, 9.17) is 14.2 Å². The Labute approximate surface area is 229 Å². The van der Waals surface area contributed by atoms with Gasteiger partial charge >= 0.3 is 11.9 Å². The van der Waals surface area contributed by atoms with Gasteiger partial charge in [-0.1, -0.05) is 23.5 Å². The SMILES string of the molecule is CCOC(=O)c1sc(N2C(=O)C(=O)/C(=C(/O)c3ccc4c(c3)CC(C)O4)C2c2ccc(OCC)cc2)nc1C. The van der Waals surface area contributed by atoms with Gasteiger partial charge in [-0.3, -0.25) is 14.5 Å². The van der Waals surface area contributed by atoms with Gasteiger partial charge in [0, 0.05) is 12.0 Å². The minimum absolute atomic E-state index is 0.00793. The third-order valence-electron chi connectivity index (χ3n) is 6.57. The molecule has 1 saturated heterocycles. The van der Waals surface area contributed by atoms with E-state index < -0.39 is 23.7 Å². The molecule has 2 aliphatic rings. The predicted molar refractivity (Wildman–Crippen MR) is 145 cm³/mol. The van der Waals surface area contributed by atoms with E-state index in [2.05, 4.69) is 4.98 Å². The lowest BCUT2D eigenvalue weighted by molar-refractivity contribution is -0.132. The lowest BCUT2D eigenvalue weighted by Crippen LogP contribution is -2.29. The van der Waals surface area contributed by atoms with E-state index in [1.54, 1.807) is 56.3 Å². The maximum Gasteiger partial charge on any atom is 0.350 e. The molecule has 1 amide bonds. The molecule has 0 saturated carbocycles. The number of aryl methyl sites for hydroxylation is 1. The molecule has 1 fully saturated rings. The highest BCUT2D eigenvalue weighted by atomic mass is 32.1. The van der Waals surface area contributed by atoms with Crippen LogP contribution in [0, 0.1) is 6.92 Å². The van der Waals surface area contributed by atoms with Gasteiger partial charge < -0.3 is 19.3 Å². The monoisotopic (exact) mass is 548 g/mol. The highest BCUT2D eigenvalue weighted by Gasteiger charge is 2.48. The second kappa shape index (κ2) is 10.5. The smallest absolute Gasteiger partial charge is 0.350 e. The maximum atomic E-state index is 13.5. The van der Waals surface area contributed by atoms with Gasteiger partial charge in [-0.05, 0) is 69.2 Å². The Kier molecular flexibility index (Phi) is 7.14. The largest absolute Gasteiger partial charge is 0.507 e. The van der Waals surface area contributed by atoms with Gasteiger partial charge in [0.1, 0.15) is 28.2 Å². The summed E-state index contributed by atoms with van der Waals surface area (Å²) in [5.41, 5.74) is 2.20. The van der Waals surface area contributed by atoms with Crippen molar-refractivity contribution in [1.29, 1.82) is 0 Å². The van der Waals surface area contributed by atoms with Crippen molar-refractivity contribution in [3.8, 4) is 11.5 Å². The predicted octanol–water partition coefficient (Wildman–Crippen LogP) is 4.98. The minimum atomic E-state index is -0.982. The Balaban J connectivity index is 1.65. The van der Waals surface area contributed by atoms with Gasteiger partial charge in [0.05, 0.1) is 30.5 Å². The van der Waals surface area contributed by atoms with Gasteiger partial charge in [-0.25, -0.2) is 9.78 Å². The summed E-state index contributed by atoms with van der Waals surface area (Å²) < 4.78 is 16.5. The molecule has 2 aromatic carbocycles. The number of hydrogen-bond donors (Lipinski definition) is 1. The number of nitrogens with zero attached hydrogens (tertiary/aromatic N) is 2. The molecule has 1 aromatic heterocycles. The average molecular weight is 549 g/mol. The summed E-state index contributed by atoms with van der Waals surface area (Å²) in [5.74, 6) is -1.19.